The number of likely N-dealkylation sites (N-methyl/N-ethyl adjacent to an activating group) is 1. The lowest BCUT2D eigenvalue weighted by atomic mass is 10.2. The predicted molar refractivity (Wildman–Crippen MR) is 78.3 cm³/mol. The van der Waals surface area contributed by atoms with Crippen LogP contribution >= 0.6 is 15.9 Å². The van der Waals surface area contributed by atoms with Gasteiger partial charge in [0.1, 0.15) is 5.82 Å². The minimum atomic E-state index is -3.68. The molecule has 0 aromatic heterocycles. The molecule has 112 valence electrons. The van der Waals surface area contributed by atoms with Gasteiger partial charge in [-0.05, 0) is 41.2 Å². The molecule has 8 heteroatoms. The SMILES string of the molecule is CN1CCN(S(=O)(=O)c2ccc(F)cc2Br)C(CN)C1. The summed E-state index contributed by atoms with van der Waals surface area (Å²) in [5, 5.41) is 0. The Hall–Kier alpha value is -0.540. The maximum absolute atomic E-state index is 13.1. The molecule has 20 heavy (non-hydrogen) atoms. The molecule has 0 bridgehead atoms. The van der Waals surface area contributed by atoms with Crippen LogP contribution in [0, 0.1) is 5.82 Å². The summed E-state index contributed by atoms with van der Waals surface area (Å²) in [6.07, 6.45) is 0. The number of nitrogens with two attached hydrogens (primary N) is 1. The van der Waals surface area contributed by atoms with E-state index in [4.69, 9.17) is 5.73 Å². The van der Waals surface area contributed by atoms with E-state index in [-0.39, 0.29) is 22.0 Å². The maximum Gasteiger partial charge on any atom is 0.244 e. The molecule has 0 radical (unpaired) electrons. The van der Waals surface area contributed by atoms with Crippen molar-refractivity contribution < 1.29 is 12.8 Å². The third kappa shape index (κ3) is 3.04. The highest BCUT2D eigenvalue weighted by Crippen LogP contribution is 2.28. The van der Waals surface area contributed by atoms with Gasteiger partial charge in [0.2, 0.25) is 10.0 Å². The molecule has 1 atom stereocenters. The van der Waals surface area contributed by atoms with E-state index < -0.39 is 15.8 Å². The molecule has 2 N–H and O–H groups in total. The topological polar surface area (TPSA) is 66.6 Å². The molecule has 1 aromatic rings. The Morgan fingerprint density at radius 3 is 2.75 bits per heavy atom. The van der Waals surface area contributed by atoms with E-state index in [2.05, 4.69) is 15.9 Å². The number of nitrogens with zero attached hydrogens (tertiary/aromatic N) is 2. The Morgan fingerprint density at radius 2 is 2.15 bits per heavy atom. The highest BCUT2D eigenvalue weighted by atomic mass is 79.9. The first-order chi connectivity index (χ1) is 9.36. The Labute approximate surface area is 126 Å². The monoisotopic (exact) mass is 365 g/mol. The summed E-state index contributed by atoms with van der Waals surface area (Å²) in [4.78, 5) is 2.12. The average molecular weight is 366 g/mol. The number of hydrogen-bond donors (Lipinski definition) is 1. The summed E-state index contributed by atoms with van der Waals surface area (Å²) < 4.78 is 40.1. The molecule has 1 saturated heterocycles. The van der Waals surface area contributed by atoms with Crippen molar-refractivity contribution in [1.29, 1.82) is 0 Å². The van der Waals surface area contributed by atoms with Gasteiger partial charge in [-0.3, -0.25) is 0 Å². The lowest BCUT2D eigenvalue weighted by Gasteiger charge is -2.38. The van der Waals surface area contributed by atoms with Crippen LogP contribution in [0.5, 0.6) is 0 Å². The maximum atomic E-state index is 13.1. The highest BCUT2D eigenvalue weighted by molar-refractivity contribution is 9.10. The molecule has 2 rings (SSSR count). The fraction of sp³-hybridized carbons (Fsp3) is 0.500. The number of rotatable bonds is 3. The van der Waals surface area contributed by atoms with E-state index in [1.807, 2.05) is 11.9 Å². The van der Waals surface area contributed by atoms with Gasteiger partial charge in [-0.15, -0.1) is 0 Å². The van der Waals surface area contributed by atoms with Crippen molar-refractivity contribution in [2.45, 2.75) is 10.9 Å². The number of sulfonamides is 1. The van der Waals surface area contributed by atoms with Crippen LogP contribution in [0.15, 0.2) is 27.6 Å². The lowest BCUT2D eigenvalue weighted by Crippen LogP contribution is -2.56. The zero-order valence-electron chi connectivity index (χ0n) is 11.1. The molecule has 1 aliphatic heterocycles. The van der Waals surface area contributed by atoms with E-state index in [1.165, 1.54) is 10.4 Å². The Balaban J connectivity index is 2.38. The zero-order chi connectivity index (χ0) is 14.9. The van der Waals surface area contributed by atoms with Gasteiger partial charge < -0.3 is 10.6 Å². The van der Waals surface area contributed by atoms with Gasteiger partial charge in [0.05, 0.1) is 10.9 Å². The minimum Gasteiger partial charge on any atom is -0.329 e. The standard InChI is InChI=1S/C12H17BrFN3O2S/c1-16-4-5-17(10(7-15)8-16)20(18,19)12-3-2-9(14)6-11(12)13/h2-3,6,10H,4-5,7-8,15H2,1H3. The molecule has 1 fully saturated rings. The van der Waals surface area contributed by atoms with Gasteiger partial charge in [-0.2, -0.15) is 4.31 Å². The van der Waals surface area contributed by atoms with Gasteiger partial charge in [0.25, 0.3) is 0 Å². The Morgan fingerprint density at radius 1 is 1.45 bits per heavy atom. The Kier molecular flexibility index (Phi) is 4.80. The van der Waals surface area contributed by atoms with Gasteiger partial charge in [-0.1, -0.05) is 0 Å². The summed E-state index contributed by atoms with van der Waals surface area (Å²) in [5.74, 6) is -0.482. The van der Waals surface area contributed by atoms with E-state index in [9.17, 15) is 12.8 Å². The van der Waals surface area contributed by atoms with Crippen LogP contribution in [-0.4, -0.2) is 56.9 Å². The predicted octanol–water partition coefficient (Wildman–Crippen LogP) is 0.852. The van der Waals surface area contributed by atoms with Crippen LogP contribution in [0.3, 0.4) is 0 Å². The highest BCUT2D eigenvalue weighted by Gasteiger charge is 2.35. The molecule has 1 heterocycles. The average Bonchev–Trinajstić information content (AvgIpc) is 2.37. The first kappa shape index (κ1) is 15.8. The van der Waals surface area contributed by atoms with Gasteiger partial charge in [0.15, 0.2) is 0 Å². The summed E-state index contributed by atoms with van der Waals surface area (Å²) in [6.45, 7) is 1.87. The van der Waals surface area contributed by atoms with E-state index >= 15 is 0 Å². The smallest absolute Gasteiger partial charge is 0.244 e. The van der Waals surface area contributed by atoms with Crippen LogP contribution in [0.4, 0.5) is 4.39 Å². The molecular formula is C12H17BrFN3O2S. The van der Waals surface area contributed by atoms with Crippen molar-refractivity contribution in [3.05, 3.63) is 28.5 Å². The summed E-state index contributed by atoms with van der Waals surface area (Å²) >= 11 is 3.12. The summed E-state index contributed by atoms with van der Waals surface area (Å²) in [6, 6.07) is 3.31. The zero-order valence-corrected chi connectivity index (χ0v) is 13.5. The van der Waals surface area contributed by atoms with Crippen molar-refractivity contribution in [3.8, 4) is 0 Å². The van der Waals surface area contributed by atoms with Crippen molar-refractivity contribution >= 4 is 26.0 Å². The van der Waals surface area contributed by atoms with Gasteiger partial charge >= 0.3 is 0 Å². The molecule has 0 amide bonds. The molecule has 1 unspecified atom stereocenters. The lowest BCUT2D eigenvalue weighted by molar-refractivity contribution is 0.164. The van der Waals surface area contributed by atoms with E-state index in [1.54, 1.807) is 0 Å². The molecule has 0 aliphatic carbocycles. The molecule has 5 nitrogen and oxygen atoms in total. The second-order valence-electron chi connectivity index (χ2n) is 4.84. The van der Waals surface area contributed by atoms with Crippen LogP contribution in [0.1, 0.15) is 0 Å². The fourth-order valence-corrected chi connectivity index (χ4v) is 4.94. The Bertz CT molecular complexity index is 596. The molecule has 0 saturated carbocycles. The molecular weight excluding hydrogens is 349 g/mol. The van der Waals surface area contributed by atoms with Crippen LogP contribution in [0.25, 0.3) is 0 Å². The number of hydrogen-bond acceptors (Lipinski definition) is 4. The largest absolute Gasteiger partial charge is 0.329 e. The number of piperazine rings is 1. The second kappa shape index (κ2) is 6.07. The first-order valence-corrected chi connectivity index (χ1v) is 8.45. The minimum absolute atomic E-state index is 0.0712. The number of halogens is 2. The van der Waals surface area contributed by atoms with E-state index in [0.29, 0.717) is 19.6 Å². The van der Waals surface area contributed by atoms with Gasteiger partial charge in [-0.25, -0.2) is 12.8 Å². The normalized spacial score (nSPS) is 22.1. The van der Waals surface area contributed by atoms with E-state index in [0.717, 1.165) is 12.1 Å². The van der Waals surface area contributed by atoms with Crippen molar-refractivity contribution in [2.75, 3.05) is 33.2 Å². The third-order valence-corrected chi connectivity index (χ3v) is 6.31. The first-order valence-electron chi connectivity index (χ1n) is 6.21. The molecule has 0 spiro atoms. The third-order valence-electron chi connectivity index (χ3n) is 3.38. The summed E-state index contributed by atoms with van der Waals surface area (Å²) in [5.41, 5.74) is 5.69. The van der Waals surface area contributed by atoms with Crippen LogP contribution in [0.2, 0.25) is 0 Å². The van der Waals surface area contributed by atoms with Crippen LogP contribution < -0.4 is 5.73 Å². The quantitative estimate of drug-likeness (QED) is 0.862. The molecule has 1 aromatic carbocycles. The van der Waals surface area contributed by atoms with Crippen molar-refractivity contribution in [3.63, 3.8) is 0 Å². The second-order valence-corrected chi connectivity index (χ2v) is 7.56. The number of benzene rings is 1. The van der Waals surface area contributed by atoms with Gasteiger partial charge in [0, 0.05) is 30.7 Å². The molecule has 1 aliphatic rings. The summed E-state index contributed by atoms with van der Waals surface area (Å²) in [7, 11) is -1.75. The van der Waals surface area contributed by atoms with Crippen molar-refractivity contribution in [2.24, 2.45) is 5.73 Å². The fourth-order valence-electron chi connectivity index (χ4n) is 2.31. The van der Waals surface area contributed by atoms with Crippen molar-refractivity contribution in [1.82, 2.24) is 9.21 Å². The van der Waals surface area contributed by atoms with Crippen LogP contribution in [-0.2, 0) is 10.0 Å².